The van der Waals surface area contributed by atoms with Crippen LogP contribution in [0, 0.1) is 0 Å². The molecule has 2 fully saturated rings. The molecule has 1 aromatic rings. The predicted octanol–water partition coefficient (Wildman–Crippen LogP) is 2.17. The van der Waals surface area contributed by atoms with Gasteiger partial charge in [-0.2, -0.15) is 0 Å². The SMILES string of the molecule is c1ccc(C(CNC2CCCNC2)N2CCCC2)cc1. The van der Waals surface area contributed by atoms with Gasteiger partial charge in [0.2, 0.25) is 0 Å². The summed E-state index contributed by atoms with van der Waals surface area (Å²) in [6.07, 6.45) is 5.33. The minimum atomic E-state index is 0.542. The van der Waals surface area contributed by atoms with E-state index in [2.05, 4.69) is 45.9 Å². The van der Waals surface area contributed by atoms with Crippen molar-refractivity contribution in [3.05, 3.63) is 35.9 Å². The lowest BCUT2D eigenvalue weighted by atomic mass is 10.0. The molecule has 2 heterocycles. The molecule has 2 unspecified atom stereocenters. The monoisotopic (exact) mass is 273 g/mol. The van der Waals surface area contributed by atoms with Crippen molar-refractivity contribution in [2.24, 2.45) is 0 Å². The lowest BCUT2D eigenvalue weighted by Crippen LogP contribution is -2.46. The minimum Gasteiger partial charge on any atom is -0.315 e. The van der Waals surface area contributed by atoms with Crippen LogP contribution in [0.25, 0.3) is 0 Å². The molecule has 2 N–H and O–H groups in total. The van der Waals surface area contributed by atoms with Crippen molar-refractivity contribution in [3.63, 3.8) is 0 Å². The molecule has 0 radical (unpaired) electrons. The van der Waals surface area contributed by atoms with Crippen LogP contribution in [0.15, 0.2) is 30.3 Å². The number of hydrogen-bond donors (Lipinski definition) is 2. The molecule has 20 heavy (non-hydrogen) atoms. The van der Waals surface area contributed by atoms with E-state index in [1.807, 2.05) is 0 Å². The van der Waals surface area contributed by atoms with Crippen LogP contribution in [0.2, 0.25) is 0 Å². The fraction of sp³-hybridized carbons (Fsp3) is 0.647. The summed E-state index contributed by atoms with van der Waals surface area (Å²) in [6, 6.07) is 12.2. The molecule has 110 valence electrons. The molecule has 2 saturated heterocycles. The number of benzene rings is 1. The first-order valence-electron chi connectivity index (χ1n) is 8.16. The van der Waals surface area contributed by atoms with E-state index < -0.39 is 0 Å². The van der Waals surface area contributed by atoms with Crippen molar-refractivity contribution >= 4 is 0 Å². The molecule has 0 spiro atoms. The molecule has 0 aromatic heterocycles. The Labute approximate surface area is 122 Å². The molecule has 0 aliphatic carbocycles. The van der Waals surface area contributed by atoms with E-state index in [-0.39, 0.29) is 0 Å². The maximum Gasteiger partial charge on any atom is 0.0472 e. The number of rotatable bonds is 5. The van der Waals surface area contributed by atoms with Gasteiger partial charge in [-0.3, -0.25) is 4.90 Å². The zero-order valence-electron chi connectivity index (χ0n) is 12.4. The smallest absolute Gasteiger partial charge is 0.0472 e. The average Bonchev–Trinajstić information content (AvgIpc) is 3.04. The third-order valence-electron chi connectivity index (χ3n) is 4.66. The fourth-order valence-corrected chi connectivity index (χ4v) is 3.49. The second-order valence-corrected chi connectivity index (χ2v) is 6.12. The van der Waals surface area contributed by atoms with Gasteiger partial charge in [0.1, 0.15) is 0 Å². The summed E-state index contributed by atoms with van der Waals surface area (Å²) < 4.78 is 0. The molecule has 3 heteroatoms. The quantitative estimate of drug-likeness (QED) is 0.861. The second-order valence-electron chi connectivity index (χ2n) is 6.12. The Balaban J connectivity index is 1.62. The van der Waals surface area contributed by atoms with Crippen molar-refractivity contribution < 1.29 is 0 Å². The maximum absolute atomic E-state index is 3.79. The molecule has 2 aliphatic heterocycles. The van der Waals surface area contributed by atoms with Gasteiger partial charge in [-0.25, -0.2) is 0 Å². The van der Waals surface area contributed by atoms with Crippen molar-refractivity contribution in [2.75, 3.05) is 32.7 Å². The lowest BCUT2D eigenvalue weighted by Gasteiger charge is -2.31. The Kier molecular flexibility index (Phi) is 5.06. The minimum absolute atomic E-state index is 0.542. The summed E-state index contributed by atoms with van der Waals surface area (Å²) in [6.45, 7) is 5.90. The number of nitrogens with zero attached hydrogens (tertiary/aromatic N) is 1. The van der Waals surface area contributed by atoms with Crippen molar-refractivity contribution in [1.29, 1.82) is 0 Å². The van der Waals surface area contributed by atoms with E-state index >= 15 is 0 Å². The van der Waals surface area contributed by atoms with E-state index in [1.165, 1.54) is 50.9 Å². The van der Waals surface area contributed by atoms with Crippen molar-refractivity contribution in [3.8, 4) is 0 Å². The molecule has 0 bridgehead atoms. The van der Waals surface area contributed by atoms with Crippen LogP contribution in [0.3, 0.4) is 0 Å². The zero-order chi connectivity index (χ0) is 13.6. The highest BCUT2D eigenvalue weighted by molar-refractivity contribution is 5.19. The van der Waals surface area contributed by atoms with Crippen LogP contribution in [0.5, 0.6) is 0 Å². The summed E-state index contributed by atoms with van der Waals surface area (Å²) >= 11 is 0. The summed E-state index contributed by atoms with van der Waals surface area (Å²) in [7, 11) is 0. The highest BCUT2D eigenvalue weighted by Crippen LogP contribution is 2.24. The molecule has 3 nitrogen and oxygen atoms in total. The highest BCUT2D eigenvalue weighted by Gasteiger charge is 2.24. The Morgan fingerprint density at radius 1 is 1.15 bits per heavy atom. The Morgan fingerprint density at radius 2 is 1.95 bits per heavy atom. The molecule has 0 saturated carbocycles. The van der Waals surface area contributed by atoms with E-state index in [9.17, 15) is 0 Å². The highest BCUT2D eigenvalue weighted by atomic mass is 15.2. The van der Waals surface area contributed by atoms with Crippen molar-refractivity contribution in [2.45, 2.75) is 37.8 Å². The average molecular weight is 273 g/mol. The van der Waals surface area contributed by atoms with E-state index in [0.29, 0.717) is 12.1 Å². The van der Waals surface area contributed by atoms with Crippen LogP contribution in [-0.2, 0) is 0 Å². The van der Waals surface area contributed by atoms with E-state index in [0.717, 1.165) is 13.1 Å². The second kappa shape index (κ2) is 7.21. The normalized spacial score (nSPS) is 25.7. The molecule has 3 rings (SSSR count). The number of hydrogen-bond acceptors (Lipinski definition) is 3. The van der Waals surface area contributed by atoms with Gasteiger partial charge in [0.15, 0.2) is 0 Å². The van der Waals surface area contributed by atoms with Crippen LogP contribution in [-0.4, -0.2) is 43.7 Å². The first-order valence-corrected chi connectivity index (χ1v) is 8.16. The van der Waals surface area contributed by atoms with Gasteiger partial charge in [0.05, 0.1) is 0 Å². The summed E-state index contributed by atoms with van der Waals surface area (Å²) in [4.78, 5) is 2.65. The molecular formula is C17H27N3. The van der Waals surface area contributed by atoms with Crippen LogP contribution < -0.4 is 10.6 Å². The topological polar surface area (TPSA) is 27.3 Å². The third kappa shape index (κ3) is 3.60. The summed E-state index contributed by atoms with van der Waals surface area (Å²) in [5.74, 6) is 0. The van der Waals surface area contributed by atoms with Gasteiger partial charge in [0.25, 0.3) is 0 Å². The fourth-order valence-electron chi connectivity index (χ4n) is 3.49. The Hall–Kier alpha value is -0.900. The van der Waals surface area contributed by atoms with E-state index in [4.69, 9.17) is 0 Å². The number of piperidine rings is 1. The van der Waals surface area contributed by atoms with E-state index in [1.54, 1.807) is 0 Å². The Bertz CT molecular complexity index is 380. The number of likely N-dealkylation sites (tertiary alicyclic amines) is 1. The van der Waals surface area contributed by atoms with Gasteiger partial charge in [-0.15, -0.1) is 0 Å². The van der Waals surface area contributed by atoms with Crippen LogP contribution >= 0.6 is 0 Å². The number of nitrogens with one attached hydrogen (secondary N) is 2. The van der Waals surface area contributed by atoms with Gasteiger partial charge in [0, 0.05) is 25.2 Å². The van der Waals surface area contributed by atoms with Gasteiger partial charge >= 0.3 is 0 Å². The van der Waals surface area contributed by atoms with Gasteiger partial charge in [-0.1, -0.05) is 30.3 Å². The largest absolute Gasteiger partial charge is 0.315 e. The molecule has 2 aliphatic rings. The molecule has 0 amide bonds. The first-order chi connectivity index (χ1) is 9.93. The van der Waals surface area contributed by atoms with Crippen LogP contribution in [0.4, 0.5) is 0 Å². The standard InChI is InChI=1S/C17H27N3/c1-2-7-15(8-3-1)17(20-11-4-5-12-20)14-19-16-9-6-10-18-13-16/h1-3,7-8,16-19H,4-6,9-14H2. The zero-order valence-corrected chi connectivity index (χ0v) is 12.4. The van der Waals surface area contributed by atoms with Gasteiger partial charge in [-0.05, 0) is 50.9 Å². The predicted molar refractivity (Wildman–Crippen MR) is 83.9 cm³/mol. The molecular weight excluding hydrogens is 246 g/mol. The first kappa shape index (κ1) is 14.1. The lowest BCUT2D eigenvalue weighted by molar-refractivity contribution is 0.227. The van der Waals surface area contributed by atoms with Gasteiger partial charge < -0.3 is 10.6 Å². The summed E-state index contributed by atoms with van der Waals surface area (Å²) in [5.41, 5.74) is 1.46. The summed E-state index contributed by atoms with van der Waals surface area (Å²) in [5, 5.41) is 7.28. The van der Waals surface area contributed by atoms with Crippen LogP contribution in [0.1, 0.15) is 37.3 Å². The third-order valence-corrected chi connectivity index (χ3v) is 4.66. The molecule has 2 atom stereocenters. The maximum atomic E-state index is 3.79. The molecule has 1 aromatic carbocycles. The van der Waals surface area contributed by atoms with Crippen molar-refractivity contribution in [1.82, 2.24) is 15.5 Å². The Morgan fingerprint density at radius 3 is 2.65 bits per heavy atom.